The first-order chi connectivity index (χ1) is 9.35. The molecule has 0 radical (unpaired) electrons. The van der Waals surface area contributed by atoms with Gasteiger partial charge in [0.05, 0.1) is 18.0 Å². The van der Waals surface area contributed by atoms with Gasteiger partial charge < -0.3 is 0 Å². The molecule has 0 atom stereocenters. The number of hydrogen-bond acceptors (Lipinski definition) is 4. The fourth-order valence-corrected chi connectivity index (χ4v) is 2.14. The number of rotatable bonds is 4. The number of aryl methyl sites for hydroxylation is 1. The zero-order chi connectivity index (χ0) is 14.8. The number of hydrogen-bond donors (Lipinski definition) is 0. The Morgan fingerprint density at radius 3 is 2.40 bits per heavy atom. The van der Waals surface area contributed by atoms with Crippen molar-refractivity contribution in [1.29, 1.82) is 0 Å². The Hall–Kier alpha value is -2.02. The highest BCUT2D eigenvalue weighted by atomic mass is 32.2. The predicted molar refractivity (Wildman–Crippen MR) is 73.6 cm³/mol. The lowest BCUT2D eigenvalue weighted by molar-refractivity contribution is 0.576. The van der Waals surface area contributed by atoms with Crippen LogP contribution in [-0.2, 0) is 16.4 Å². The molecular weight excluding hydrogens is 283 g/mol. The summed E-state index contributed by atoms with van der Waals surface area (Å²) in [6.45, 7) is -0.00724. The van der Waals surface area contributed by atoms with E-state index in [4.69, 9.17) is 0 Å². The minimum absolute atomic E-state index is 0.00724. The van der Waals surface area contributed by atoms with Crippen molar-refractivity contribution >= 4 is 9.84 Å². The second-order valence-corrected chi connectivity index (χ2v) is 6.68. The molecule has 2 aromatic rings. The SMILES string of the molecule is CS(=O)(=O)CCn1nc(-c2ccc(F)cc2)ccc1=O. The van der Waals surface area contributed by atoms with Crippen molar-refractivity contribution in [2.75, 3.05) is 12.0 Å². The first-order valence-corrected chi connectivity index (χ1v) is 7.93. The van der Waals surface area contributed by atoms with Gasteiger partial charge in [0.1, 0.15) is 15.7 Å². The predicted octanol–water partition coefficient (Wildman–Crippen LogP) is 1.09. The molecule has 7 heteroatoms. The minimum atomic E-state index is -3.17. The number of halogens is 1. The number of benzene rings is 1. The topological polar surface area (TPSA) is 69.0 Å². The van der Waals surface area contributed by atoms with E-state index in [1.165, 1.54) is 24.3 Å². The van der Waals surface area contributed by atoms with Crippen LogP contribution in [0.25, 0.3) is 11.3 Å². The summed E-state index contributed by atoms with van der Waals surface area (Å²) in [5, 5.41) is 4.09. The molecule has 0 spiro atoms. The minimum Gasteiger partial charge on any atom is -0.268 e. The molecule has 0 N–H and O–H groups in total. The van der Waals surface area contributed by atoms with Gasteiger partial charge in [-0.3, -0.25) is 4.79 Å². The van der Waals surface area contributed by atoms with Crippen LogP contribution in [0.3, 0.4) is 0 Å². The van der Waals surface area contributed by atoms with E-state index in [9.17, 15) is 17.6 Å². The summed E-state index contributed by atoms with van der Waals surface area (Å²) in [6.07, 6.45) is 1.10. The molecule has 1 aromatic carbocycles. The van der Waals surface area contributed by atoms with Gasteiger partial charge in [-0.2, -0.15) is 5.10 Å². The maximum Gasteiger partial charge on any atom is 0.266 e. The quantitative estimate of drug-likeness (QED) is 0.847. The van der Waals surface area contributed by atoms with E-state index in [2.05, 4.69) is 5.10 Å². The zero-order valence-corrected chi connectivity index (χ0v) is 11.6. The van der Waals surface area contributed by atoms with Crippen molar-refractivity contribution in [1.82, 2.24) is 9.78 Å². The molecular formula is C13H13FN2O3S. The molecule has 0 aliphatic rings. The summed E-state index contributed by atoms with van der Waals surface area (Å²) >= 11 is 0. The van der Waals surface area contributed by atoms with Crippen molar-refractivity contribution in [3.05, 3.63) is 52.6 Å². The maximum absolute atomic E-state index is 12.9. The Labute approximate surface area is 115 Å². The van der Waals surface area contributed by atoms with E-state index in [-0.39, 0.29) is 23.7 Å². The summed E-state index contributed by atoms with van der Waals surface area (Å²) in [7, 11) is -3.17. The molecule has 5 nitrogen and oxygen atoms in total. The smallest absolute Gasteiger partial charge is 0.266 e. The van der Waals surface area contributed by atoms with Crippen molar-refractivity contribution in [2.45, 2.75) is 6.54 Å². The molecule has 2 rings (SSSR count). The van der Waals surface area contributed by atoms with Crippen molar-refractivity contribution < 1.29 is 12.8 Å². The average molecular weight is 296 g/mol. The summed E-state index contributed by atoms with van der Waals surface area (Å²) in [6, 6.07) is 8.51. The van der Waals surface area contributed by atoms with Crippen molar-refractivity contribution in [2.24, 2.45) is 0 Å². The summed E-state index contributed by atoms with van der Waals surface area (Å²) in [5.74, 6) is -0.522. The molecule has 20 heavy (non-hydrogen) atoms. The van der Waals surface area contributed by atoms with Gasteiger partial charge in [-0.25, -0.2) is 17.5 Å². The Bertz CT molecular complexity index is 767. The van der Waals surface area contributed by atoms with Gasteiger partial charge in [-0.15, -0.1) is 0 Å². The van der Waals surface area contributed by atoms with Crippen LogP contribution < -0.4 is 5.56 Å². The van der Waals surface area contributed by atoms with Crippen LogP contribution in [-0.4, -0.2) is 30.2 Å². The number of nitrogens with zero attached hydrogens (tertiary/aromatic N) is 2. The molecule has 1 heterocycles. The van der Waals surface area contributed by atoms with Gasteiger partial charge in [-0.05, 0) is 30.3 Å². The zero-order valence-electron chi connectivity index (χ0n) is 10.8. The van der Waals surface area contributed by atoms with Crippen LogP contribution in [0.1, 0.15) is 0 Å². The number of sulfone groups is 1. The lowest BCUT2D eigenvalue weighted by Gasteiger charge is -2.06. The monoisotopic (exact) mass is 296 g/mol. The molecule has 0 amide bonds. The normalized spacial score (nSPS) is 11.5. The van der Waals surface area contributed by atoms with Gasteiger partial charge in [0.25, 0.3) is 5.56 Å². The Morgan fingerprint density at radius 2 is 1.80 bits per heavy atom. The van der Waals surface area contributed by atoms with E-state index < -0.39 is 9.84 Å². The maximum atomic E-state index is 12.9. The molecule has 0 aliphatic carbocycles. The Balaban J connectivity index is 2.33. The van der Waals surface area contributed by atoms with Crippen molar-refractivity contribution in [3.63, 3.8) is 0 Å². The first kappa shape index (κ1) is 14.4. The van der Waals surface area contributed by atoms with E-state index in [0.717, 1.165) is 10.9 Å². The van der Waals surface area contributed by atoms with E-state index in [1.54, 1.807) is 12.1 Å². The van der Waals surface area contributed by atoms with Crippen LogP contribution >= 0.6 is 0 Å². The lowest BCUT2D eigenvalue weighted by Crippen LogP contribution is -2.25. The van der Waals surface area contributed by atoms with Crippen LogP contribution in [0.2, 0.25) is 0 Å². The third-order valence-electron chi connectivity index (χ3n) is 2.68. The molecule has 0 fully saturated rings. The largest absolute Gasteiger partial charge is 0.268 e. The molecule has 0 bridgehead atoms. The molecule has 0 saturated carbocycles. The molecule has 1 aromatic heterocycles. The van der Waals surface area contributed by atoms with E-state index in [1.807, 2.05) is 0 Å². The van der Waals surface area contributed by atoms with Crippen LogP contribution in [0.5, 0.6) is 0 Å². The Kier molecular flexibility index (Phi) is 3.99. The molecule has 0 aliphatic heterocycles. The third kappa shape index (κ3) is 3.74. The van der Waals surface area contributed by atoms with Gasteiger partial charge in [0.2, 0.25) is 0 Å². The fraction of sp³-hybridized carbons (Fsp3) is 0.231. The van der Waals surface area contributed by atoms with Gasteiger partial charge >= 0.3 is 0 Å². The van der Waals surface area contributed by atoms with Gasteiger partial charge in [0.15, 0.2) is 0 Å². The summed E-state index contributed by atoms with van der Waals surface area (Å²) in [5.41, 5.74) is 0.761. The van der Waals surface area contributed by atoms with E-state index >= 15 is 0 Å². The van der Waals surface area contributed by atoms with E-state index in [0.29, 0.717) is 11.3 Å². The second-order valence-electron chi connectivity index (χ2n) is 4.42. The number of aromatic nitrogens is 2. The summed E-state index contributed by atoms with van der Waals surface area (Å²) < 4.78 is 36.2. The molecule has 106 valence electrons. The second kappa shape index (κ2) is 5.54. The van der Waals surface area contributed by atoms with Crippen LogP contribution in [0.4, 0.5) is 4.39 Å². The van der Waals surface area contributed by atoms with Crippen LogP contribution in [0, 0.1) is 5.82 Å². The third-order valence-corrected chi connectivity index (χ3v) is 3.60. The first-order valence-electron chi connectivity index (χ1n) is 5.87. The molecule has 0 saturated heterocycles. The standard InChI is InChI=1S/C13H13FN2O3S/c1-20(18,19)9-8-16-13(17)7-6-12(15-16)10-2-4-11(14)5-3-10/h2-7H,8-9H2,1H3. The van der Waals surface area contributed by atoms with Gasteiger partial charge in [-0.1, -0.05) is 0 Å². The van der Waals surface area contributed by atoms with Crippen LogP contribution in [0.15, 0.2) is 41.2 Å². The lowest BCUT2D eigenvalue weighted by atomic mass is 10.1. The molecule has 0 unspecified atom stereocenters. The van der Waals surface area contributed by atoms with Gasteiger partial charge in [0, 0.05) is 17.9 Å². The highest BCUT2D eigenvalue weighted by Crippen LogP contribution is 2.15. The Morgan fingerprint density at radius 1 is 1.15 bits per heavy atom. The summed E-state index contributed by atoms with van der Waals surface area (Å²) in [4.78, 5) is 11.6. The van der Waals surface area contributed by atoms with Crippen molar-refractivity contribution in [3.8, 4) is 11.3 Å². The average Bonchev–Trinajstić information content (AvgIpc) is 2.38. The highest BCUT2D eigenvalue weighted by molar-refractivity contribution is 7.90. The fourth-order valence-electron chi connectivity index (χ4n) is 1.64. The highest BCUT2D eigenvalue weighted by Gasteiger charge is 2.07.